The van der Waals surface area contributed by atoms with Crippen LogP contribution in [-0.2, 0) is 10.0 Å². The maximum Gasteiger partial charge on any atom is 0.244 e. The quantitative estimate of drug-likeness (QED) is 0.492. The van der Waals surface area contributed by atoms with E-state index in [1.807, 2.05) is 26.0 Å². The van der Waals surface area contributed by atoms with Crippen molar-refractivity contribution in [2.45, 2.75) is 24.8 Å². The molecular formula is C25H30FN3O4S. The number of nitrogens with zero attached hydrogens (tertiary/aromatic N) is 2. The second-order valence-electron chi connectivity index (χ2n) is 8.27. The Morgan fingerprint density at radius 1 is 1.09 bits per heavy atom. The third-order valence-electron chi connectivity index (χ3n) is 5.97. The van der Waals surface area contributed by atoms with Crippen molar-refractivity contribution in [2.24, 2.45) is 0 Å². The molecule has 2 heterocycles. The average Bonchev–Trinajstić information content (AvgIpc) is 3.36. The number of hydrogen-bond acceptors (Lipinski definition) is 6. The number of nitrogens with one attached hydrogen (secondary N) is 1. The maximum atomic E-state index is 13.3. The van der Waals surface area contributed by atoms with E-state index < -0.39 is 10.0 Å². The molecule has 1 saturated heterocycles. The SMILES string of the molecule is CCOc1ccc(C)cc1S(=O)(=O)NCC(c1ccco1)N1CCN(c2ccc(F)cc2)CC1. The predicted octanol–water partition coefficient (Wildman–Crippen LogP) is 3.97. The van der Waals surface area contributed by atoms with Gasteiger partial charge in [-0.2, -0.15) is 0 Å². The van der Waals surface area contributed by atoms with Gasteiger partial charge in [0, 0.05) is 38.4 Å². The Kier molecular flexibility index (Phi) is 7.55. The minimum atomic E-state index is -3.81. The normalized spacial score (nSPS) is 15.9. The van der Waals surface area contributed by atoms with Gasteiger partial charge in [0.2, 0.25) is 10.0 Å². The van der Waals surface area contributed by atoms with Gasteiger partial charge in [-0.1, -0.05) is 6.07 Å². The van der Waals surface area contributed by atoms with E-state index >= 15 is 0 Å². The number of halogens is 1. The van der Waals surface area contributed by atoms with E-state index in [1.165, 1.54) is 12.1 Å². The number of furan rings is 1. The zero-order valence-corrected chi connectivity index (χ0v) is 20.2. The minimum absolute atomic E-state index is 0.133. The molecular weight excluding hydrogens is 457 g/mol. The number of benzene rings is 2. The van der Waals surface area contributed by atoms with Gasteiger partial charge in [-0.15, -0.1) is 0 Å². The molecule has 3 aromatic rings. The Labute approximate surface area is 200 Å². The smallest absolute Gasteiger partial charge is 0.244 e. The average molecular weight is 488 g/mol. The van der Waals surface area contributed by atoms with Crippen molar-refractivity contribution in [3.8, 4) is 5.75 Å². The van der Waals surface area contributed by atoms with Crippen molar-refractivity contribution in [1.29, 1.82) is 0 Å². The summed E-state index contributed by atoms with van der Waals surface area (Å²) in [5, 5.41) is 0. The first-order valence-corrected chi connectivity index (χ1v) is 12.9. The molecule has 1 N–H and O–H groups in total. The van der Waals surface area contributed by atoms with Crippen molar-refractivity contribution in [1.82, 2.24) is 9.62 Å². The lowest BCUT2D eigenvalue weighted by molar-refractivity contribution is 0.166. The van der Waals surface area contributed by atoms with Crippen LogP contribution in [0.4, 0.5) is 10.1 Å². The highest BCUT2D eigenvalue weighted by Crippen LogP contribution is 2.28. The molecule has 1 fully saturated rings. The summed E-state index contributed by atoms with van der Waals surface area (Å²) in [7, 11) is -3.81. The molecule has 0 radical (unpaired) electrons. The van der Waals surface area contributed by atoms with Crippen molar-refractivity contribution >= 4 is 15.7 Å². The van der Waals surface area contributed by atoms with Crippen LogP contribution >= 0.6 is 0 Å². The third-order valence-corrected chi connectivity index (χ3v) is 7.42. The van der Waals surface area contributed by atoms with E-state index in [2.05, 4.69) is 14.5 Å². The fraction of sp³-hybridized carbons (Fsp3) is 0.360. The summed E-state index contributed by atoms with van der Waals surface area (Å²) in [6, 6.07) is 15.0. The molecule has 0 bridgehead atoms. The summed E-state index contributed by atoms with van der Waals surface area (Å²) in [5.41, 5.74) is 1.81. The van der Waals surface area contributed by atoms with Gasteiger partial charge in [-0.25, -0.2) is 17.5 Å². The number of rotatable bonds is 9. The Bertz CT molecular complexity index is 1180. The van der Waals surface area contributed by atoms with Gasteiger partial charge >= 0.3 is 0 Å². The van der Waals surface area contributed by atoms with Crippen molar-refractivity contribution in [3.63, 3.8) is 0 Å². The maximum absolute atomic E-state index is 13.3. The van der Waals surface area contributed by atoms with Crippen LogP contribution in [0, 0.1) is 12.7 Å². The van der Waals surface area contributed by atoms with E-state index in [0.717, 1.165) is 24.3 Å². The number of piperazine rings is 1. The minimum Gasteiger partial charge on any atom is -0.492 e. The van der Waals surface area contributed by atoms with Crippen LogP contribution in [-0.4, -0.2) is 52.6 Å². The van der Waals surface area contributed by atoms with Gasteiger partial charge in [-0.05, 0) is 67.9 Å². The Morgan fingerprint density at radius 3 is 2.47 bits per heavy atom. The van der Waals surface area contributed by atoms with E-state index in [-0.39, 0.29) is 23.3 Å². The lowest BCUT2D eigenvalue weighted by Gasteiger charge is -2.39. The zero-order chi connectivity index (χ0) is 24.1. The predicted molar refractivity (Wildman–Crippen MR) is 129 cm³/mol. The molecule has 0 amide bonds. The van der Waals surface area contributed by atoms with Gasteiger partial charge in [0.1, 0.15) is 22.2 Å². The first-order valence-electron chi connectivity index (χ1n) is 11.4. The van der Waals surface area contributed by atoms with Gasteiger partial charge in [0.05, 0.1) is 18.9 Å². The number of sulfonamides is 1. The van der Waals surface area contributed by atoms with Crippen LogP contribution in [0.15, 0.2) is 70.2 Å². The number of ether oxygens (including phenoxy) is 1. The summed E-state index contributed by atoms with van der Waals surface area (Å²) in [6.07, 6.45) is 1.60. The molecule has 1 unspecified atom stereocenters. The molecule has 34 heavy (non-hydrogen) atoms. The fourth-order valence-electron chi connectivity index (χ4n) is 4.20. The molecule has 1 aliphatic heterocycles. The first-order chi connectivity index (χ1) is 16.4. The van der Waals surface area contributed by atoms with Crippen LogP contribution in [0.3, 0.4) is 0 Å². The summed E-state index contributed by atoms with van der Waals surface area (Å²) in [5.74, 6) is 0.781. The van der Waals surface area contributed by atoms with E-state index in [4.69, 9.17) is 9.15 Å². The molecule has 2 aromatic carbocycles. The van der Waals surface area contributed by atoms with Gasteiger partial charge < -0.3 is 14.1 Å². The molecule has 1 atom stereocenters. The van der Waals surface area contributed by atoms with Crippen LogP contribution in [0.25, 0.3) is 0 Å². The number of aryl methyl sites for hydroxylation is 1. The number of hydrogen-bond donors (Lipinski definition) is 1. The second kappa shape index (κ2) is 10.6. The molecule has 0 spiro atoms. The molecule has 1 aromatic heterocycles. The van der Waals surface area contributed by atoms with E-state index in [0.29, 0.717) is 31.2 Å². The van der Waals surface area contributed by atoms with Crippen molar-refractivity contribution < 1.29 is 22.0 Å². The summed E-state index contributed by atoms with van der Waals surface area (Å²) >= 11 is 0. The summed E-state index contributed by atoms with van der Waals surface area (Å²) in [4.78, 5) is 4.54. The van der Waals surface area contributed by atoms with Crippen LogP contribution in [0.2, 0.25) is 0 Å². The molecule has 7 nitrogen and oxygen atoms in total. The highest BCUT2D eigenvalue weighted by Gasteiger charge is 2.29. The van der Waals surface area contributed by atoms with Crippen LogP contribution < -0.4 is 14.4 Å². The van der Waals surface area contributed by atoms with Crippen LogP contribution in [0.1, 0.15) is 24.3 Å². The topological polar surface area (TPSA) is 75.0 Å². The highest BCUT2D eigenvalue weighted by atomic mass is 32.2. The molecule has 0 aliphatic carbocycles. The Balaban J connectivity index is 1.48. The molecule has 4 rings (SSSR count). The van der Waals surface area contributed by atoms with Gasteiger partial charge in [-0.3, -0.25) is 4.90 Å². The molecule has 9 heteroatoms. The molecule has 1 aliphatic rings. The summed E-state index contributed by atoms with van der Waals surface area (Å²) < 4.78 is 53.7. The van der Waals surface area contributed by atoms with Crippen molar-refractivity contribution in [2.75, 3.05) is 44.2 Å². The van der Waals surface area contributed by atoms with E-state index in [9.17, 15) is 12.8 Å². The highest BCUT2D eigenvalue weighted by molar-refractivity contribution is 7.89. The second-order valence-corrected chi connectivity index (χ2v) is 10.0. The first kappa shape index (κ1) is 24.3. The zero-order valence-electron chi connectivity index (χ0n) is 19.4. The molecule has 0 saturated carbocycles. The van der Waals surface area contributed by atoms with Gasteiger partial charge in [0.15, 0.2) is 0 Å². The van der Waals surface area contributed by atoms with Crippen molar-refractivity contribution in [3.05, 3.63) is 78.0 Å². The Morgan fingerprint density at radius 2 is 1.82 bits per heavy atom. The summed E-state index contributed by atoms with van der Waals surface area (Å²) in [6.45, 7) is 7.09. The lowest BCUT2D eigenvalue weighted by atomic mass is 10.1. The molecule has 182 valence electrons. The number of anilines is 1. The largest absolute Gasteiger partial charge is 0.492 e. The van der Waals surface area contributed by atoms with E-state index in [1.54, 1.807) is 36.6 Å². The lowest BCUT2D eigenvalue weighted by Crippen LogP contribution is -2.49. The third kappa shape index (κ3) is 5.60. The fourth-order valence-corrected chi connectivity index (χ4v) is 5.47. The van der Waals surface area contributed by atoms with Gasteiger partial charge in [0.25, 0.3) is 0 Å². The standard InChI is InChI=1S/C25H30FN3O4S/c1-3-32-24-11-6-19(2)17-25(24)34(30,31)27-18-22(23-5-4-16-33-23)29-14-12-28(13-15-29)21-9-7-20(26)8-10-21/h4-11,16-17,22,27H,3,12-15,18H2,1-2H3. The Hall–Kier alpha value is -2.88. The monoisotopic (exact) mass is 487 g/mol. The van der Waals surface area contributed by atoms with Crippen LogP contribution in [0.5, 0.6) is 5.75 Å².